The lowest BCUT2D eigenvalue weighted by atomic mass is 10.2. The van der Waals surface area contributed by atoms with Gasteiger partial charge in [0.1, 0.15) is 11.5 Å². The Hall–Kier alpha value is -2.11. The minimum atomic E-state index is -1.02. The zero-order chi connectivity index (χ0) is 15.2. The molecule has 2 aromatic rings. The number of carbonyl (C=O) groups is 1. The molecule has 108 valence electrons. The Labute approximate surface area is 130 Å². The van der Waals surface area contributed by atoms with Crippen LogP contribution in [-0.4, -0.2) is 16.2 Å². The SMILES string of the molecule is O=C(O)C=Cc1ccc(Br)cc1Oc1cccc(CO)c1. The van der Waals surface area contributed by atoms with Gasteiger partial charge in [0.15, 0.2) is 0 Å². The highest BCUT2D eigenvalue weighted by atomic mass is 79.9. The summed E-state index contributed by atoms with van der Waals surface area (Å²) >= 11 is 3.36. The van der Waals surface area contributed by atoms with E-state index in [0.29, 0.717) is 17.1 Å². The first-order valence-corrected chi connectivity index (χ1v) is 6.96. The largest absolute Gasteiger partial charge is 0.478 e. The van der Waals surface area contributed by atoms with Gasteiger partial charge in [-0.1, -0.05) is 34.1 Å². The number of carboxylic acids is 1. The molecule has 4 nitrogen and oxygen atoms in total. The van der Waals surface area contributed by atoms with Crippen LogP contribution in [0.2, 0.25) is 0 Å². The van der Waals surface area contributed by atoms with E-state index in [4.69, 9.17) is 14.9 Å². The lowest BCUT2D eigenvalue weighted by Crippen LogP contribution is -1.91. The number of rotatable bonds is 5. The average Bonchev–Trinajstić information content (AvgIpc) is 2.46. The molecule has 0 spiro atoms. The predicted molar refractivity (Wildman–Crippen MR) is 83.3 cm³/mol. The summed E-state index contributed by atoms with van der Waals surface area (Å²) in [4.78, 5) is 10.6. The Morgan fingerprint density at radius 1 is 1.24 bits per heavy atom. The van der Waals surface area contributed by atoms with Crippen molar-refractivity contribution >= 4 is 28.0 Å². The predicted octanol–water partition coefficient (Wildman–Crippen LogP) is 3.83. The molecule has 2 rings (SSSR count). The van der Waals surface area contributed by atoms with Gasteiger partial charge < -0.3 is 14.9 Å². The van der Waals surface area contributed by atoms with E-state index in [0.717, 1.165) is 16.1 Å². The number of aliphatic hydroxyl groups excluding tert-OH is 1. The average molecular weight is 349 g/mol. The maximum absolute atomic E-state index is 10.6. The number of aliphatic carboxylic acids is 1. The van der Waals surface area contributed by atoms with Crippen LogP contribution in [0.4, 0.5) is 0 Å². The third-order valence-corrected chi connectivity index (χ3v) is 3.18. The van der Waals surface area contributed by atoms with Crippen LogP contribution in [0.25, 0.3) is 6.08 Å². The fourth-order valence-corrected chi connectivity index (χ4v) is 2.07. The molecule has 0 aliphatic heterocycles. The van der Waals surface area contributed by atoms with E-state index < -0.39 is 5.97 Å². The summed E-state index contributed by atoms with van der Waals surface area (Å²) in [6, 6.07) is 12.4. The second-order valence-electron chi connectivity index (χ2n) is 4.26. The number of aliphatic hydroxyl groups is 1. The first-order chi connectivity index (χ1) is 10.1. The molecule has 0 saturated heterocycles. The van der Waals surface area contributed by atoms with Crippen LogP contribution in [0.1, 0.15) is 11.1 Å². The number of halogens is 1. The number of hydrogen-bond donors (Lipinski definition) is 2. The zero-order valence-electron chi connectivity index (χ0n) is 11.0. The van der Waals surface area contributed by atoms with Crippen LogP contribution < -0.4 is 4.74 Å². The summed E-state index contributed by atoms with van der Waals surface area (Å²) in [5, 5.41) is 17.8. The summed E-state index contributed by atoms with van der Waals surface area (Å²) in [6.45, 7) is -0.0680. The number of benzene rings is 2. The molecule has 0 unspecified atom stereocenters. The summed E-state index contributed by atoms with van der Waals surface area (Å²) in [5.41, 5.74) is 1.39. The number of hydrogen-bond acceptors (Lipinski definition) is 3. The summed E-state index contributed by atoms with van der Waals surface area (Å²) < 4.78 is 6.60. The van der Waals surface area contributed by atoms with E-state index in [-0.39, 0.29) is 6.61 Å². The fraction of sp³-hybridized carbons (Fsp3) is 0.0625. The molecule has 0 bridgehead atoms. The summed E-state index contributed by atoms with van der Waals surface area (Å²) in [5.74, 6) is 0.0766. The summed E-state index contributed by atoms with van der Waals surface area (Å²) in [6.07, 6.45) is 2.53. The first kappa shape index (κ1) is 15.3. The highest BCUT2D eigenvalue weighted by Crippen LogP contribution is 2.30. The van der Waals surface area contributed by atoms with Gasteiger partial charge in [-0.25, -0.2) is 4.79 Å². The van der Waals surface area contributed by atoms with Gasteiger partial charge in [0.25, 0.3) is 0 Å². The van der Waals surface area contributed by atoms with E-state index in [9.17, 15) is 4.79 Å². The maximum atomic E-state index is 10.6. The molecule has 0 heterocycles. The van der Waals surface area contributed by atoms with Gasteiger partial charge in [-0.05, 0) is 35.9 Å². The maximum Gasteiger partial charge on any atom is 0.328 e. The van der Waals surface area contributed by atoms with Gasteiger partial charge in [0, 0.05) is 16.1 Å². The molecule has 21 heavy (non-hydrogen) atoms. The second-order valence-corrected chi connectivity index (χ2v) is 5.18. The van der Waals surface area contributed by atoms with E-state index >= 15 is 0 Å². The third-order valence-electron chi connectivity index (χ3n) is 2.69. The Bertz CT molecular complexity index is 680. The van der Waals surface area contributed by atoms with Crippen molar-refractivity contribution in [2.45, 2.75) is 6.61 Å². The normalized spacial score (nSPS) is 10.8. The third kappa shape index (κ3) is 4.44. The minimum Gasteiger partial charge on any atom is -0.478 e. The molecule has 0 amide bonds. The van der Waals surface area contributed by atoms with Gasteiger partial charge >= 0.3 is 5.97 Å². The van der Waals surface area contributed by atoms with Crippen LogP contribution in [0, 0.1) is 0 Å². The van der Waals surface area contributed by atoms with Crippen LogP contribution in [-0.2, 0) is 11.4 Å². The Kier molecular flexibility index (Phi) is 5.14. The van der Waals surface area contributed by atoms with Crippen LogP contribution >= 0.6 is 15.9 Å². The van der Waals surface area contributed by atoms with Gasteiger partial charge in [-0.2, -0.15) is 0 Å². The molecule has 0 radical (unpaired) electrons. The van der Waals surface area contributed by atoms with E-state index in [2.05, 4.69) is 15.9 Å². The van der Waals surface area contributed by atoms with E-state index in [1.165, 1.54) is 6.08 Å². The molecule has 0 aromatic heterocycles. The van der Waals surface area contributed by atoms with E-state index in [1.54, 1.807) is 42.5 Å². The fourth-order valence-electron chi connectivity index (χ4n) is 1.73. The molecule has 5 heteroatoms. The molecule has 0 saturated carbocycles. The van der Waals surface area contributed by atoms with Crippen molar-refractivity contribution in [2.75, 3.05) is 0 Å². The molecule has 2 N–H and O–H groups in total. The lowest BCUT2D eigenvalue weighted by molar-refractivity contribution is -0.131. The molecular weight excluding hydrogens is 336 g/mol. The molecule has 0 aliphatic rings. The first-order valence-electron chi connectivity index (χ1n) is 6.16. The number of carboxylic acid groups (broad SMARTS) is 1. The second kappa shape index (κ2) is 7.06. The molecule has 2 aromatic carbocycles. The van der Waals surface area contributed by atoms with Crippen LogP contribution in [0.3, 0.4) is 0 Å². The van der Waals surface area contributed by atoms with Crippen LogP contribution in [0.15, 0.2) is 53.0 Å². The van der Waals surface area contributed by atoms with Crippen LogP contribution in [0.5, 0.6) is 11.5 Å². The Balaban J connectivity index is 2.33. The Morgan fingerprint density at radius 3 is 2.76 bits per heavy atom. The van der Waals surface area contributed by atoms with Crippen molar-refractivity contribution < 1.29 is 19.7 Å². The van der Waals surface area contributed by atoms with E-state index in [1.807, 2.05) is 0 Å². The Morgan fingerprint density at radius 2 is 2.05 bits per heavy atom. The summed E-state index contributed by atoms with van der Waals surface area (Å²) in [7, 11) is 0. The van der Waals surface area contributed by atoms with Gasteiger partial charge in [-0.3, -0.25) is 0 Å². The smallest absolute Gasteiger partial charge is 0.328 e. The van der Waals surface area contributed by atoms with Crippen molar-refractivity contribution in [3.05, 3.63) is 64.1 Å². The van der Waals surface area contributed by atoms with Gasteiger partial charge in [-0.15, -0.1) is 0 Å². The highest BCUT2D eigenvalue weighted by molar-refractivity contribution is 9.10. The number of ether oxygens (including phenoxy) is 1. The van der Waals surface area contributed by atoms with Gasteiger partial charge in [0.05, 0.1) is 6.61 Å². The standard InChI is InChI=1S/C16H13BrO4/c17-13-6-4-12(5-7-16(19)20)15(9-13)21-14-3-1-2-11(8-14)10-18/h1-9,18H,10H2,(H,19,20). The highest BCUT2D eigenvalue weighted by Gasteiger charge is 2.05. The lowest BCUT2D eigenvalue weighted by Gasteiger charge is -2.10. The van der Waals surface area contributed by atoms with Crippen molar-refractivity contribution in [3.63, 3.8) is 0 Å². The molecular formula is C16H13BrO4. The van der Waals surface area contributed by atoms with Crippen molar-refractivity contribution in [1.82, 2.24) is 0 Å². The van der Waals surface area contributed by atoms with Crippen molar-refractivity contribution in [1.29, 1.82) is 0 Å². The molecule has 0 aliphatic carbocycles. The quantitative estimate of drug-likeness (QED) is 0.805. The zero-order valence-corrected chi connectivity index (χ0v) is 12.6. The van der Waals surface area contributed by atoms with Gasteiger partial charge in [0.2, 0.25) is 0 Å². The van der Waals surface area contributed by atoms with Crippen molar-refractivity contribution in [2.24, 2.45) is 0 Å². The molecule has 0 atom stereocenters. The van der Waals surface area contributed by atoms with Crippen molar-refractivity contribution in [3.8, 4) is 11.5 Å². The monoisotopic (exact) mass is 348 g/mol. The molecule has 0 fully saturated rings. The topological polar surface area (TPSA) is 66.8 Å². The minimum absolute atomic E-state index is 0.0680.